The van der Waals surface area contributed by atoms with E-state index in [0.717, 1.165) is 50.2 Å². The van der Waals surface area contributed by atoms with Crippen molar-refractivity contribution in [1.82, 2.24) is 19.8 Å². The Labute approximate surface area is 136 Å². The third-order valence-corrected chi connectivity index (χ3v) is 4.83. The zero-order chi connectivity index (χ0) is 15.8. The maximum Gasteiger partial charge on any atom is 0.133 e. The number of fused-ring (bicyclic) bond motifs is 1. The van der Waals surface area contributed by atoms with Crippen molar-refractivity contribution in [3.8, 4) is 0 Å². The van der Waals surface area contributed by atoms with Crippen LogP contribution in [0.15, 0.2) is 16.8 Å². The lowest BCUT2D eigenvalue weighted by Crippen LogP contribution is -2.35. The summed E-state index contributed by atoms with van der Waals surface area (Å²) in [5.41, 5.74) is 3.71. The molecule has 6 heteroatoms. The van der Waals surface area contributed by atoms with E-state index in [-0.39, 0.29) is 0 Å². The van der Waals surface area contributed by atoms with Crippen molar-refractivity contribution in [1.29, 1.82) is 0 Å². The summed E-state index contributed by atoms with van der Waals surface area (Å²) in [5, 5.41) is 8.79. The molecule has 0 unspecified atom stereocenters. The molecule has 2 aromatic rings. The van der Waals surface area contributed by atoms with Gasteiger partial charge in [-0.2, -0.15) is 5.10 Å². The minimum absolute atomic E-state index is 0.379. The van der Waals surface area contributed by atoms with Crippen molar-refractivity contribution in [3.63, 3.8) is 0 Å². The Balaban J connectivity index is 1.55. The third kappa shape index (κ3) is 3.19. The SMILES string of the molecule is COC[C@H]1CN(Cc2cc(C)on2)Cc2c1cnn2CC1CC1. The maximum atomic E-state index is 5.45. The molecule has 0 amide bonds. The number of hydrogen-bond acceptors (Lipinski definition) is 5. The van der Waals surface area contributed by atoms with Crippen LogP contribution in [0.25, 0.3) is 0 Å². The first-order chi connectivity index (χ1) is 11.2. The number of hydrogen-bond donors (Lipinski definition) is 0. The molecule has 0 aromatic carbocycles. The summed E-state index contributed by atoms with van der Waals surface area (Å²) in [5.74, 6) is 2.07. The van der Waals surface area contributed by atoms with E-state index < -0.39 is 0 Å². The van der Waals surface area contributed by atoms with E-state index in [0.29, 0.717) is 5.92 Å². The summed E-state index contributed by atoms with van der Waals surface area (Å²) in [6.07, 6.45) is 4.75. The molecule has 3 heterocycles. The third-order valence-electron chi connectivity index (χ3n) is 4.83. The fourth-order valence-corrected chi connectivity index (χ4v) is 3.51. The van der Waals surface area contributed by atoms with Gasteiger partial charge in [0.15, 0.2) is 0 Å². The van der Waals surface area contributed by atoms with Crippen LogP contribution in [0.1, 0.15) is 41.5 Å². The normalized spacial score (nSPS) is 21.6. The fraction of sp³-hybridized carbons (Fsp3) is 0.647. The standard InChI is InChI=1S/C17H24N4O2/c1-12-5-15(19-23-12)9-20-8-14(11-22-2)16-6-18-21(17(16)10-20)7-13-3-4-13/h5-6,13-14H,3-4,7-11H2,1-2H3/t14-/m1/s1. The topological polar surface area (TPSA) is 56.3 Å². The summed E-state index contributed by atoms with van der Waals surface area (Å²) in [6.45, 7) is 6.44. The minimum Gasteiger partial charge on any atom is -0.384 e. The van der Waals surface area contributed by atoms with Crippen LogP contribution >= 0.6 is 0 Å². The summed E-state index contributed by atoms with van der Waals surface area (Å²) in [6, 6.07) is 2.02. The smallest absolute Gasteiger partial charge is 0.133 e. The van der Waals surface area contributed by atoms with Crippen molar-refractivity contribution in [3.05, 3.63) is 35.0 Å². The lowest BCUT2D eigenvalue weighted by molar-refractivity contribution is 0.132. The monoisotopic (exact) mass is 316 g/mol. The van der Waals surface area contributed by atoms with Crippen LogP contribution in [0, 0.1) is 12.8 Å². The highest BCUT2D eigenvalue weighted by Crippen LogP contribution is 2.34. The van der Waals surface area contributed by atoms with Crippen molar-refractivity contribution < 1.29 is 9.26 Å². The Hall–Kier alpha value is -1.66. The molecule has 1 aliphatic carbocycles. The van der Waals surface area contributed by atoms with Crippen LogP contribution in [0.5, 0.6) is 0 Å². The second-order valence-electron chi connectivity index (χ2n) is 6.92. The number of ether oxygens (including phenoxy) is 1. The Bertz CT molecular complexity index is 674. The molecule has 1 atom stereocenters. The van der Waals surface area contributed by atoms with E-state index in [1.165, 1.54) is 24.1 Å². The molecule has 124 valence electrons. The van der Waals surface area contributed by atoms with Gasteiger partial charge >= 0.3 is 0 Å². The molecule has 0 radical (unpaired) electrons. The minimum atomic E-state index is 0.379. The lowest BCUT2D eigenvalue weighted by Gasteiger charge is -2.32. The first kappa shape index (κ1) is 14.9. The highest BCUT2D eigenvalue weighted by atomic mass is 16.5. The van der Waals surface area contributed by atoms with Crippen LogP contribution in [0.2, 0.25) is 0 Å². The van der Waals surface area contributed by atoms with Gasteiger partial charge in [0.1, 0.15) is 5.76 Å². The molecule has 0 bridgehead atoms. The number of aryl methyl sites for hydroxylation is 1. The van der Waals surface area contributed by atoms with Crippen LogP contribution in [-0.4, -0.2) is 40.1 Å². The lowest BCUT2D eigenvalue weighted by atomic mass is 9.95. The quantitative estimate of drug-likeness (QED) is 0.819. The van der Waals surface area contributed by atoms with E-state index in [1.807, 2.05) is 13.0 Å². The Morgan fingerprint density at radius 3 is 2.96 bits per heavy atom. The second kappa shape index (κ2) is 6.09. The Morgan fingerprint density at radius 1 is 1.39 bits per heavy atom. The van der Waals surface area contributed by atoms with Crippen molar-refractivity contribution in [2.45, 2.75) is 45.3 Å². The van der Waals surface area contributed by atoms with Gasteiger partial charge < -0.3 is 9.26 Å². The number of nitrogens with zero attached hydrogens (tertiary/aromatic N) is 4. The van der Waals surface area contributed by atoms with Crippen LogP contribution in [0.4, 0.5) is 0 Å². The highest BCUT2D eigenvalue weighted by molar-refractivity contribution is 5.26. The van der Waals surface area contributed by atoms with Gasteiger partial charge in [-0.3, -0.25) is 9.58 Å². The highest BCUT2D eigenvalue weighted by Gasteiger charge is 2.31. The van der Waals surface area contributed by atoms with Gasteiger partial charge in [0.2, 0.25) is 0 Å². The number of rotatable bonds is 6. The Kier molecular flexibility index (Phi) is 3.95. The predicted molar refractivity (Wildman–Crippen MR) is 84.9 cm³/mol. The van der Waals surface area contributed by atoms with Crippen LogP contribution in [-0.2, 0) is 24.4 Å². The first-order valence-corrected chi connectivity index (χ1v) is 8.41. The van der Waals surface area contributed by atoms with E-state index >= 15 is 0 Å². The zero-order valence-corrected chi connectivity index (χ0v) is 13.9. The molecule has 0 spiro atoms. The molecule has 4 rings (SSSR count). The molecule has 0 N–H and O–H groups in total. The molecule has 2 aromatic heterocycles. The van der Waals surface area contributed by atoms with E-state index in [2.05, 4.69) is 26.0 Å². The molecule has 6 nitrogen and oxygen atoms in total. The van der Waals surface area contributed by atoms with Gasteiger partial charge in [0, 0.05) is 50.8 Å². The summed E-state index contributed by atoms with van der Waals surface area (Å²) >= 11 is 0. The number of methoxy groups -OCH3 is 1. The maximum absolute atomic E-state index is 5.45. The largest absolute Gasteiger partial charge is 0.384 e. The van der Waals surface area contributed by atoms with Gasteiger partial charge in [-0.1, -0.05) is 5.16 Å². The van der Waals surface area contributed by atoms with Gasteiger partial charge in [-0.15, -0.1) is 0 Å². The molecule has 0 saturated heterocycles. The Morgan fingerprint density at radius 2 is 2.26 bits per heavy atom. The summed E-state index contributed by atoms with van der Waals surface area (Å²) < 4.78 is 12.9. The molecule has 23 heavy (non-hydrogen) atoms. The van der Waals surface area contributed by atoms with Crippen LogP contribution in [0.3, 0.4) is 0 Å². The van der Waals surface area contributed by atoms with E-state index in [4.69, 9.17) is 9.26 Å². The second-order valence-corrected chi connectivity index (χ2v) is 6.92. The van der Waals surface area contributed by atoms with Crippen molar-refractivity contribution >= 4 is 0 Å². The van der Waals surface area contributed by atoms with Crippen molar-refractivity contribution in [2.75, 3.05) is 20.3 Å². The van der Waals surface area contributed by atoms with Crippen LogP contribution < -0.4 is 0 Å². The zero-order valence-electron chi connectivity index (χ0n) is 13.9. The average Bonchev–Trinajstić information content (AvgIpc) is 3.12. The van der Waals surface area contributed by atoms with Gasteiger partial charge in [-0.25, -0.2) is 0 Å². The molecule has 1 aliphatic heterocycles. The van der Waals surface area contributed by atoms with E-state index in [9.17, 15) is 0 Å². The van der Waals surface area contributed by atoms with Gasteiger partial charge in [0.25, 0.3) is 0 Å². The fourth-order valence-electron chi connectivity index (χ4n) is 3.51. The molecule has 2 aliphatic rings. The summed E-state index contributed by atoms with van der Waals surface area (Å²) in [7, 11) is 1.77. The van der Waals surface area contributed by atoms with Crippen molar-refractivity contribution in [2.24, 2.45) is 5.92 Å². The molecule has 1 saturated carbocycles. The summed E-state index contributed by atoms with van der Waals surface area (Å²) in [4.78, 5) is 2.42. The predicted octanol–water partition coefficient (Wildman–Crippen LogP) is 2.34. The average molecular weight is 316 g/mol. The van der Waals surface area contributed by atoms with Gasteiger partial charge in [-0.05, 0) is 25.7 Å². The molecular formula is C17H24N4O2. The molecular weight excluding hydrogens is 292 g/mol. The van der Waals surface area contributed by atoms with E-state index in [1.54, 1.807) is 7.11 Å². The number of aromatic nitrogens is 3. The first-order valence-electron chi connectivity index (χ1n) is 8.41. The molecule has 1 fully saturated rings. The van der Waals surface area contributed by atoms with Gasteiger partial charge in [0.05, 0.1) is 24.2 Å².